The Hall–Kier alpha value is -2.94. The summed E-state index contributed by atoms with van der Waals surface area (Å²) in [4.78, 5) is 0. The molecular weight excluding hydrogens is 307 g/mol. The third kappa shape index (κ3) is 3.46. The molecule has 2 aromatic carbocycles. The second-order valence-electron chi connectivity index (χ2n) is 4.53. The highest BCUT2D eigenvalue weighted by Crippen LogP contribution is 2.31. The van der Waals surface area contributed by atoms with Crippen molar-refractivity contribution in [3.63, 3.8) is 0 Å². The molecule has 0 aliphatic heterocycles. The fourth-order valence-corrected chi connectivity index (χ4v) is 2.02. The van der Waals surface area contributed by atoms with Crippen molar-refractivity contribution >= 4 is 11.6 Å². The summed E-state index contributed by atoms with van der Waals surface area (Å²) < 4.78 is 50.4. The lowest BCUT2D eigenvalue weighted by molar-refractivity contribution is 0.355. The number of halogens is 3. The van der Waals surface area contributed by atoms with Crippen LogP contribution in [0.5, 0.6) is 11.5 Å². The highest BCUT2D eigenvalue weighted by molar-refractivity contribution is 5.90. The van der Waals surface area contributed by atoms with Gasteiger partial charge in [0.2, 0.25) is 0 Å². The molecule has 0 aliphatic carbocycles. The van der Waals surface area contributed by atoms with Gasteiger partial charge in [-0.25, -0.2) is 13.2 Å². The molecule has 0 N–H and O–H groups in total. The molecule has 0 unspecified atom stereocenters. The minimum Gasteiger partial charge on any atom is -0.493 e. The van der Waals surface area contributed by atoms with Crippen LogP contribution < -0.4 is 9.47 Å². The van der Waals surface area contributed by atoms with Gasteiger partial charge in [0.05, 0.1) is 25.9 Å². The summed E-state index contributed by atoms with van der Waals surface area (Å²) in [5, 5.41) is 9.26. The SMILES string of the molecule is COc1ccc(/C(C#N)=C/c2cc(F)cc(F)c2F)cc1OC. The van der Waals surface area contributed by atoms with Crippen LogP contribution in [0, 0.1) is 28.8 Å². The van der Waals surface area contributed by atoms with Crippen molar-refractivity contribution in [3.8, 4) is 17.6 Å². The smallest absolute Gasteiger partial charge is 0.166 e. The first-order chi connectivity index (χ1) is 11.0. The van der Waals surface area contributed by atoms with Gasteiger partial charge in [-0.05, 0) is 35.9 Å². The monoisotopic (exact) mass is 319 g/mol. The molecule has 0 fully saturated rings. The number of allylic oxidation sites excluding steroid dienone is 1. The van der Waals surface area contributed by atoms with Crippen LogP contribution in [0.25, 0.3) is 11.6 Å². The average molecular weight is 319 g/mol. The van der Waals surface area contributed by atoms with Crippen molar-refractivity contribution in [3.05, 3.63) is 58.9 Å². The maximum atomic E-state index is 13.7. The summed E-state index contributed by atoms with van der Waals surface area (Å²) >= 11 is 0. The van der Waals surface area contributed by atoms with Crippen molar-refractivity contribution in [2.45, 2.75) is 0 Å². The second-order valence-corrected chi connectivity index (χ2v) is 4.53. The van der Waals surface area contributed by atoms with E-state index in [9.17, 15) is 18.4 Å². The molecule has 23 heavy (non-hydrogen) atoms. The summed E-state index contributed by atoms with van der Waals surface area (Å²) in [5.41, 5.74) is 0.0675. The van der Waals surface area contributed by atoms with Gasteiger partial charge in [0, 0.05) is 11.6 Å². The van der Waals surface area contributed by atoms with Crippen molar-refractivity contribution < 1.29 is 22.6 Å². The van der Waals surface area contributed by atoms with E-state index < -0.39 is 17.5 Å². The van der Waals surface area contributed by atoms with Crippen LogP contribution in [0.2, 0.25) is 0 Å². The van der Waals surface area contributed by atoms with Crippen LogP contribution in [-0.4, -0.2) is 14.2 Å². The molecule has 0 aliphatic rings. The van der Waals surface area contributed by atoms with Crippen molar-refractivity contribution in [2.75, 3.05) is 14.2 Å². The van der Waals surface area contributed by atoms with E-state index in [1.54, 1.807) is 12.1 Å². The number of nitrogens with zero attached hydrogens (tertiary/aromatic N) is 1. The molecule has 2 aromatic rings. The van der Waals surface area contributed by atoms with Crippen LogP contribution in [0.3, 0.4) is 0 Å². The first-order valence-electron chi connectivity index (χ1n) is 6.49. The van der Waals surface area contributed by atoms with Gasteiger partial charge in [-0.1, -0.05) is 0 Å². The van der Waals surface area contributed by atoms with Gasteiger partial charge in [0.25, 0.3) is 0 Å². The van der Waals surface area contributed by atoms with E-state index in [1.165, 1.54) is 20.3 Å². The van der Waals surface area contributed by atoms with Gasteiger partial charge in [0.15, 0.2) is 23.1 Å². The van der Waals surface area contributed by atoms with Crippen LogP contribution in [-0.2, 0) is 0 Å². The quantitative estimate of drug-likeness (QED) is 0.482. The number of ether oxygens (including phenoxy) is 2. The van der Waals surface area contributed by atoms with Gasteiger partial charge in [-0.2, -0.15) is 5.26 Å². The Kier molecular flexibility index (Phi) is 4.91. The van der Waals surface area contributed by atoms with Gasteiger partial charge >= 0.3 is 0 Å². The van der Waals surface area contributed by atoms with E-state index in [4.69, 9.17) is 9.47 Å². The zero-order chi connectivity index (χ0) is 17.0. The normalized spacial score (nSPS) is 11.0. The van der Waals surface area contributed by atoms with E-state index >= 15 is 0 Å². The Morgan fingerprint density at radius 3 is 2.35 bits per heavy atom. The predicted octanol–water partition coefficient (Wildman–Crippen LogP) is 4.19. The number of benzene rings is 2. The number of nitriles is 1. The molecule has 0 amide bonds. The lowest BCUT2D eigenvalue weighted by Gasteiger charge is -2.09. The summed E-state index contributed by atoms with van der Waals surface area (Å²) in [6.45, 7) is 0. The van der Waals surface area contributed by atoms with Crippen molar-refractivity contribution in [1.82, 2.24) is 0 Å². The van der Waals surface area contributed by atoms with Crippen LogP contribution in [0.4, 0.5) is 13.2 Å². The third-order valence-corrected chi connectivity index (χ3v) is 3.14. The second kappa shape index (κ2) is 6.88. The lowest BCUT2D eigenvalue weighted by Crippen LogP contribution is -1.94. The molecule has 0 bridgehead atoms. The Bertz CT molecular complexity index is 810. The summed E-state index contributed by atoms with van der Waals surface area (Å²) in [5.74, 6) is -2.64. The fraction of sp³-hybridized carbons (Fsp3) is 0.118. The fourth-order valence-electron chi connectivity index (χ4n) is 2.02. The van der Waals surface area contributed by atoms with Gasteiger partial charge < -0.3 is 9.47 Å². The van der Waals surface area contributed by atoms with E-state index in [1.807, 2.05) is 6.07 Å². The summed E-state index contributed by atoms with van der Waals surface area (Å²) in [7, 11) is 2.89. The minimum atomic E-state index is -1.32. The highest BCUT2D eigenvalue weighted by atomic mass is 19.2. The molecule has 0 saturated heterocycles. The maximum Gasteiger partial charge on any atom is 0.166 e. The zero-order valence-corrected chi connectivity index (χ0v) is 12.4. The van der Waals surface area contributed by atoms with Gasteiger partial charge in [-0.3, -0.25) is 0 Å². The van der Waals surface area contributed by atoms with E-state index in [-0.39, 0.29) is 11.1 Å². The first kappa shape index (κ1) is 16.4. The van der Waals surface area contributed by atoms with E-state index in [2.05, 4.69) is 0 Å². The molecule has 0 aromatic heterocycles. The Balaban J connectivity index is 2.55. The van der Waals surface area contributed by atoms with Crippen molar-refractivity contribution in [1.29, 1.82) is 5.26 Å². The lowest BCUT2D eigenvalue weighted by atomic mass is 10.0. The molecule has 118 valence electrons. The van der Waals surface area contributed by atoms with Gasteiger partial charge in [-0.15, -0.1) is 0 Å². The predicted molar refractivity (Wildman–Crippen MR) is 79.3 cm³/mol. The molecule has 0 atom stereocenters. The van der Waals surface area contributed by atoms with Crippen LogP contribution in [0.1, 0.15) is 11.1 Å². The van der Waals surface area contributed by atoms with E-state index in [0.717, 1.165) is 12.1 Å². The minimum absolute atomic E-state index is 0.0230. The summed E-state index contributed by atoms with van der Waals surface area (Å²) in [6, 6.07) is 7.78. The largest absolute Gasteiger partial charge is 0.493 e. The molecular formula is C17H12F3NO2. The third-order valence-electron chi connectivity index (χ3n) is 3.14. The maximum absolute atomic E-state index is 13.7. The zero-order valence-electron chi connectivity index (χ0n) is 12.4. The first-order valence-corrected chi connectivity index (χ1v) is 6.49. The van der Waals surface area contributed by atoms with Gasteiger partial charge in [0.1, 0.15) is 5.82 Å². The molecule has 6 heteroatoms. The number of hydrogen-bond donors (Lipinski definition) is 0. The Morgan fingerprint density at radius 1 is 1.04 bits per heavy atom. The molecule has 0 saturated carbocycles. The average Bonchev–Trinajstić information content (AvgIpc) is 2.56. The van der Waals surface area contributed by atoms with E-state index in [0.29, 0.717) is 23.1 Å². The topological polar surface area (TPSA) is 42.2 Å². The molecule has 2 rings (SSSR count). The Morgan fingerprint density at radius 2 is 1.74 bits per heavy atom. The van der Waals surface area contributed by atoms with Crippen LogP contribution in [0.15, 0.2) is 30.3 Å². The number of hydrogen-bond acceptors (Lipinski definition) is 3. The van der Waals surface area contributed by atoms with Crippen LogP contribution >= 0.6 is 0 Å². The molecule has 3 nitrogen and oxygen atoms in total. The summed E-state index contributed by atoms with van der Waals surface area (Å²) in [6.07, 6.45) is 1.07. The highest BCUT2D eigenvalue weighted by Gasteiger charge is 2.12. The molecule has 0 spiro atoms. The molecule has 0 heterocycles. The molecule has 0 radical (unpaired) electrons. The Labute approximate surface area is 131 Å². The number of rotatable bonds is 4. The number of methoxy groups -OCH3 is 2. The standard InChI is InChI=1S/C17H12F3NO2/c1-22-15-4-3-10(7-16(15)23-2)12(9-21)5-11-6-13(18)8-14(19)17(11)20/h3-8H,1-2H3/b12-5+. The van der Waals surface area contributed by atoms with Crippen molar-refractivity contribution in [2.24, 2.45) is 0 Å².